The maximum Gasteiger partial charge on any atom is 0.255 e. The molecule has 0 aliphatic heterocycles. The minimum Gasteiger partial charge on any atom is -0.325 e. The van der Waals surface area contributed by atoms with Crippen molar-refractivity contribution in [3.05, 3.63) is 87.3 Å². The Kier molecular flexibility index (Phi) is 6.66. The van der Waals surface area contributed by atoms with Gasteiger partial charge in [-0.2, -0.15) is 0 Å². The van der Waals surface area contributed by atoms with Crippen LogP contribution < -0.4 is 10.9 Å². The van der Waals surface area contributed by atoms with Gasteiger partial charge in [0.05, 0.1) is 5.75 Å². The summed E-state index contributed by atoms with van der Waals surface area (Å²) in [7, 11) is 0. The Morgan fingerprint density at radius 3 is 2.43 bits per heavy atom. The van der Waals surface area contributed by atoms with Gasteiger partial charge in [-0.25, -0.2) is 4.98 Å². The van der Waals surface area contributed by atoms with Crippen LogP contribution in [0.15, 0.2) is 64.5 Å². The SMILES string of the molecule is CCc1ccc(NC(=O)CSc2nc(C)c(Cc3ccccc3)c(=O)[nH]2)cc1. The molecule has 1 aromatic heterocycles. The molecule has 6 heteroatoms. The van der Waals surface area contributed by atoms with Crippen molar-refractivity contribution in [2.75, 3.05) is 11.1 Å². The number of amides is 1. The lowest BCUT2D eigenvalue weighted by Crippen LogP contribution is -2.19. The highest BCUT2D eigenvalue weighted by Crippen LogP contribution is 2.16. The maximum absolute atomic E-state index is 12.5. The van der Waals surface area contributed by atoms with Crippen LogP contribution in [-0.2, 0) is 17.6 Å². The highest BCUT2D eigenvalue weighted by atomic mass is 32.2. The predicted molar refractivity (Wildman–Crippen MR) is 114 cm³/mol. The Morgan fingerprint density at radius 2 is 1.79 bits per heavy atom. The zero-order valence-electron chi connectivity index (χ0n) is 16.0. The smallest absolute Gasteiger partial charge is 0.255 e. The molecule has 0 bridgehead atoms. The van der Waals surface area contributed by atoms with E-state index in [-0.39, 0.29) is 17.2 Å². The highest BCUT2D eigenvalue weighted by Gasteiger charge is 2.11. The van der Waals surface area contributed by atoms with Gasteiger partial charge in [0.25, 0.3) is 5.56 Å². The molecule has 0 atom stereocenters. The molecule has 3 aromatic rings. The third-order valence-electron chi connectivity index (χ3n) is 4.41. The molecular formula is C22H23N3O2S. The second-order valence-corrected chi connectivity index (χ2v) is 7.45. The summed E-state index contributed by atoms with van der Waals surface area (Å²) < 4.78 is 0. The standard InChI is InChI=1S/C22H23N3O2S/c1-3-16-9-11-18(12-10-16)24-20(26)14-28-22-23-15(2)19(21(27)25-22)13-17-7-5-4-6-8-17/h4-12H,3,13-14H2,1-2H3,(H,24,26)(H,23,25,27). The van der Waals surface area contributed by atoms with Crippen LogP contribution >= 0.6 is 11.8 Å². The van der Waals surface area contributed by atoms with Crippen molar-refractivity contribution in [3.63, 3.8) is 0 Å². The van der Waals surface area contributed by atoms with Crippen LogP contribution in [0.25, 0.3) is 0 Å². The quantitative estimate of drug-likeness (QED) is 0.471. The normalized spacial score (nSPS) is 10.6. The molecule has 3 rings (SSSR count). The summed E-state index contributed by atoms with van der Waals surface area (Å²) in [6.45, 7) is 3.91. The van der Waals surface area contributed by atoms with E-state index in [4.69, 9.17) is 0 Å². The molecular weight excluding hydrogens is 370 g/mol. The van der Waals surface area contributed by atoms with Gasteiger partial charge in [0.1, 0.15) is 0 Å². The maximum atomic E-state index is 12.5. The Hall–Kier alpha value is -2.86. The number of carbonyl (C=O) groups is 1. The highest BCUT2D eigenvalue weighted by molar-refractivity contribution is 7.99. The first-order valence-electron chi connectivity index (χ1n) is 9.20. The Morgan fingerprint density at radius 1 is 1.07 bits per heavy atom. The van der Waals surface area contributed by atoms with Crippen molar-refractivity contribution in [1.29, 1.82) is 0 Å². The molecule has 1 amide bonds. The zero-order valence-corrected chi connectivity index (χ0v) is 16.8. The number of carbonyl (C=O) groups excluding carboxylic acids is 1. The summed E-state index contributed by atoms with van der Waals surface area (Å²) in [4.78, 5) is 31.9. The number of H-pyrrole nitrogens is 1. The van der Waals surface area contributed by atoms with Gasteiger partial charge in [0, 0.05) is 23.4 Å². The Bertz CT molecular complexity index is 999. The number of aryl methyl sites for hydroxylation is 2. The van der Waals surface area contributed by atoms with Gasteiger partial charge in [-0.05, 0) is 36.6 Å². The molecule has 0 radical (unpaired) electrons. The Labute approximate surface area is 168 Å². The summed E-state index contributed by atoms with van der Waals surface area (Å²) in [5.41, 5.74) is 4.22. The average molecular weight is 394 g/mol. The lowest BCUT2D eigenvalue weighted by molar-refractivity contribution is -0.113. The molecule has 0 unspecified atom stereocenters. The van der Waals surface area contributed by atoms with Crippen molar-refractivity contribution in [3.8, 4) is 0 Å². The lowest BCUT2D eigenvalue weighted by Gasteiger charge is -2.08. The second kappa shape index (κ2) is 9.37. The van der Waals surface area contributed by atoms with E-state index < -0.39 is 0 Å². The minimum atomic E-state index is -0.158. The molecule has 0 aliphatic carbocycles. The number of aromatic amines is 1. The van der Waals surface area contributed by atoms with E-state index in [1.165, 1.54) is 17.3 Å². The van der Waals surface area contributed by atoms with E-state index >= 15 is 0 Å². The fourth-order valence-corrected chi connectivity index (χ4v) is 3.52. The van der Waals surface area contributed by atoms with Crippen molar-refractivity contribution in [1.82, 2.24) is 9.97 Å². The van der Waals surface area contributed by atoms with E-state index in [1.54, 1.807) is 0 Å². The summed E-state index contributed by atoms with van der Waals surface area (Å²) in [5.74, 6) is 0.0403. The molecule has 0 saturated heterocycles. The van der Waals surface area contributed by atoms with Crippen LogP contribution in [0.3, 0.4) is 0 Å². The fourth-order valence-electron chi connectivity index (χ4n) is 2.82. The topological polar surface area (TPSA) is 74.8 Å². The minimum absolute atomic E-state index is 0.136. The fraction of sp³-hybridized carbons (Fsp3) is 0.227. The first-order valence-corrected chi connectivity index (χ1v) is 10.2. The van der Waals surface area contributed by atoms with Crippen LogP contribution in [0.4, 0.5) is 5.69 Å². The van der Waals surface area contributed by atoms with Crippen LogP contribution in [0, 0.1) is 6.92 Å². The van der Waals surface area contributed by atoms with E-state index in [9.17, 15) is 9.59 Å². The number of aromatic nitrogens is 2. The summed E-state index contributed by atoms with van der Waals surface area (Å²) in [6.07, 6.45) is 1.50. The van der Waals surface area contributed by atoms with E-state index in [0.29, 0.717) is 22.8 Å². The van der Waals surface area contributed by atoms with Crippen molar-refractivity contribution < 1.29 is 4.79 Å². The molecule has 2 N–H and O–H groups in total. The molecule has 2 aromatic carbocycles. The van der Waals surface area contributed by atoms with Gasteiger partial charge in [-0.3, -0.25) is 9.59 Å². The second-order valence-electron chi connectivity index (χ2n) is 6.48. The third kappa shape index (κ3) is 5.33. The van der Waals surface area contributed by atoms with Gasteiger partial charge < -0.3 is 10.3 Å². The average Bonchev–Trinajstić information content (AvgIpc) is 2.70. The largest absolute Gasteiger partial charge is 0.325 e. The van der Waals surface area contributed by atoms with Gasteiger partial charge in [-0.1, -0.05) is 61.2 Å². The van der Waals surface area contributed by atoms with E-state index in [2.05, 4.69) is 22.2 Å². The molecule has 0 fully saturated rings. The monoisotopic (exact) mass is 393 g/mol. The van der Waals surface area contributed by atoms with Gasteiger partial charge in [-0.15, -0.1) is 0 Å². The lowest BCUT2D eigenvalue weighted by atomic mass is 10.1. The van der Waals surface area contributed by atoms with Crippen LogP contribution in [0.2, 0.25) is 0 Å². The van der Waals surface area contributed by atoms with Crippen LogP contribution in [0.1, 0.15) is 29.3 Å². The number of rotatable bonds is 7. The number of hydrogen-bond acceptors (Lipinski definition) is 4. The number of nitrogens with one attached hydrogen (secondary N) is 2. The van der Waals surface area contributed by atoms with Crippen molar-refractivity contribution in [2.24, 2.45) is 0 Å². The summed E-state index contributed by atoms with van der Waals surface area (Å²) in [6, 6.07) is 17.6. The van der Waals surface area contributed by atoms with Gasteiger partial charge in [0.2, 0.25) is 5.91 Å². The van der Waals surface area contributed by atoms with Gasteiger partial charge in [0.15, 0.2) is 5.16 Å². The number of anilines is 1. The molecule has 0 aliphatic rings. The number of hydrogen-bond donors (Lipinski definition) is 2. The van der Waals surface area contributed by atoms with E-state index in [1.807, 2.05) is 61.5 Å². The van der Waals surface area contributed by atoms with Gasteiger partial charge >= 0.3 is 0 Å². The molecule has 1 heterocycles. The molecule has 0 saturated carbocycles. The number of nitrogens with zero attached hydrogens (tertiary/aromatic N) is 1. The summed E-state index contributed by atoms with van der Waals surface area (Å²) >= 11 is 1.22. The van der Waals surface area contributed by atoms with Crippen molar-refractivity contribution in [2.45, 2.75) is 31.8 Å². The van der Waals surface area contributed by atoms with Crippen molar-refractivity contribution >= 4 is 23.4 Å². The molecule has 28 heavy (non-hydrogen) atoms. The third-order valence-corrected chi connectivity index (χ3v) is 5.28. The molecule has 0 spiro atoms. The Balaban J connectivity index is 1.61. The van der Waals surface area contributed by atoms with Crippen LogP contribution in [-0.4, -0.2) is 21.6 Å². The number of thioether (sulfide) groups is 1. The first kappa shape index (κ1) is 19.9. The zero-order chi connectivity index (χ0) is 19.9. The number of benzene rings is 2. The molecule has 5 nitrogen and oxygen atoms in total. The van der Waals surface area contributed by atoms with E-state index in [0.717, 1.165) is 17.7 Å². The summed E-state index contributed by atoms with van der Waals surface area (Å²) in [5, 5.41) is 3.31. The predicted octanol–water partition coefficient (Wildman–Crippen LogP) is 3.96. The molecule has 144 valence electrons. The van der Waals surface area contributed by atoms with Crippen LogP contribution in [0.5, 0.6) is 0 Å². The first-order chi connectivity index (χ1) is 13.5.